The highest BCUT2D eigenvalue weighted by Crippen LogP contribution is 2.18. The summed E-state index contributed by atoms with van der Waals surface area (Å²) in [5.41, 5.74) is 4.80. The van der Waals surface area contributed by atoms with Crippen molar-refractivity contribution in [1.29, 1.82) is 0 Å². The Morgan fingerprint density at radius 3 is 2.53 bits per heavy atom. The van der Waals surface area contributed by atoms with Crippen molar-refractivity contribution in [2.24, 2.45) is 5.10 Å². The van der Waals surface area contributed by atoms with Crippen molar-refractivity contribution < 1.29 is 9.59 Å². The molecule has 3 aromatic rings. The first-order valence-electron chi connectivity index (χ1n) is 8.71. The van der Waals surface area contributed by atoms with E-state index in [0.29, 0.717) is 16.4 Å². The molecule has 0 saturated heterocycles. The van der Waals surface area contributed by atoms with Crippen LogP contribution in [0.4, 0.5) is 11.6 Å². The molecule has 11 heteroatoms. The highest BCUT2D eigenvalue weighted by Gasteiger charge is 2.12. The third-order valence-corrected chi connectivity index (χ3v) is 5.29. The number of nitrogens with one attached hydrogen (secondary N) is 2. The quantitative estimate of drug-likeness (QED) is 0.146. The van der Waals surface area contributed by atoms with Crippen LogP contribution in [0.2, 0.25) is 0 Å². The van der Waals surface area contributed by atoms with Gasteiger partial charge < -0.3 is 11.2 Å². The maximum atomic E-state index is 12.1. The molecule has 0 radical (unpaired) electrons. The lowest BCUT2D eigenvalue weighted by Gasteiger charge is -2.06. The van der Waals surface area contributed by atoms with Gasteiger partial charge in [0.2, 0.25) is 11.1 Å². The van der Waals surface area contributed by atoms with E-state index in [1.165, 1.54) is 11.6 Å². The Kier molecular flexibility index (Phi) is 7.20. The predicted molar refractivity (Wildman–Crippen MR) is 121 cm³/mol. The van der Waals surface area contributed by atoms with E-state index >= 15 is 0 Å². The number of carbonyl (C=O) groups is 2. The number of aromatic nitrogens is 3. The maximum absolute atomic E-state index is 12.1. The van der Waals surface area contributed by atoms with E-state index < -0.39 is 0 Å². The molecule has 0 unspecified atom stereocenters. The lowest BCUT2D eigenvalue weighted by Crippen LogP contribution is -2.17. The number of Topliss-reactive ketones (excluding diaryl/α,β-unsaturated/α-hetero) is 1. The molecule has 0 aliphatic rings. The van der Waals surface area contributed by atoms with E-state index in [4.69, 9.17) is 5.84 Å². The van der Waals surface area contributed by atoms with E-state index in [0.717, 1.165) is 21.8 Å². The van der Waals surface area contributed by atoms with Gasteiger partial charge in [-0.2, -0.15) is 5.10 Å². The Morgan fingerprint density at radius 2 is 1.87 bits per heavy atom. The molecular formula is C19H18BrN7O2S. The number of halogens is 1. The highest BCUT2D eigenvalue weighted by molar-refractivity contribution is 9.10. The van der Waals surface area contributed by atoms with Crippen LogP contribution in [0.1, 0.15) is 22.8 Å². The van der Waals surface area contributed by atoms with Crippen molar-refractivity contribution >= 4 is 57.2 Å². The van der Waals surface area contributed by atoms with Crippen LogP contribution in [0.15, 0.2) is 63.3 Å². The fourth-order valence-electron chi connectivity index (χ4n) is 2.28. The van der Waals surface area contributed by atoms with E-state index in [1.807, 2.05) is 24.3 Å². The number of ketones is 1. The highest BCUT2D eigenvalue weighted by atomic mass is 79.9. The van der Waals surface area contributed by atoms with Crippen molar-refractivity contribution in [2.75, 3.05) is 22.3 Å². The molecule has 1 heterocycles. The van der Waals surface area contributed by atoms with Crippen molar-refractivity contribution in [1.82, 2.24) is 14.9 Å². The van der Waals surface area contributed by atoms with Gasteiger partial charge in [-0.05, 0) is 48.9 Å². The van der Waals surface area contributed by atoms with Gasteiger partial charge in [0.1, 0.15) is 0 Å². The number of rotatable bonds is 8. The molecule has 1 amide bonds. The van der Waals surface area contributed by atoms with Gasteiger partial charge in [0.15, 0.2) is 5.78 Å². The van der Waals surface area contributed by atoms with Crippen LogP contribution in [0.5, 0.6) is 0 Å². The van der Waals surface area contributed by atoms with Crippen LogP contribution in [0.3, 0.4) is 0 Å². The van der Waals surface area contributed by atoms with Crippen molar-refractivity contribution in [2.45, 2.75) is 12.1 Å². The first-order chi connectivity index (χ1) is 14.4. The van der Waals surface area contributed by atoms with Gasteiger partial charge in [0.05, 0.1) is 12.0 Å². The zero-order valence-electron chi connectivity index (χ0n) is 15.9. The Hall–Kier alpha value is -3.18. The number of thioether (sulfide) groups is 1. The van der Waals surface area contributed by atoms with Crippen molar-refractivity contribution in [3.8, 4) is 0 Å². The summed E-state index contributed by atoms with van der Waals surface area (Å²) in [6.07, 6.45) is 1.62. The molecule has 0 aliphatic carbocycles. The van der Waals surface area contributed by atoms with E-state index in [2.05, 4.69) is 42.0 Å². The number of hydrogen-bond acceptors (Lipinski definition) is 8. The molecular weight excluding hydrogens is 470 g/mol. The van der Waals surface area contributed by atoms with Crippen LogP contribution in [-0.2, 0) is 4.79 Å². The predicted octanol–water partition coefficient (Wildman–Crippen LogP) is 3.13. The van der Waals surface area contributed by atoms with E-state index in [-0.39, 0.29) is 23.4 Å². The number of amides is 1. The van der Waals surface area contributed by atoms with Crippen LogP contribution >= 0.6 is 27.7 Å². The number of carbonyl (C=O) groups excluding carboxylic acids is 2. The lowest BCUT2D eigenvalue weighted by atomic mass is 10.1. The molecule has 0 fully saturated rings. The summed E-state index contributed by atoms with van der Waals surface area (Å²) < 4.78 is 2.20. The smallest absolute Gasteiger partial charge is 0.264 e. The molecule has 0 saturated carbocycles. The fourth-order valence-corrected chi connectivity index (χ4v) is 3.20. The molecule has 2 aromatic carbocycles. The number of nitrogens with zero attached hydrogens (tertiary/aromatic N) is 4. The Bertz CT molecular complexity index is 1070. The van der Waals surface area contributed by atoms with Gasteiger partial charge in [0, 0.05) is 15.7 Å². The average molecular weight is 488 g/mol. The molecule has 0 spiro atoms. The fraction of sp³-hybridized carbons (Fsp3) is 0.105. The number of hydrazone groups is 1. The zero-order valence-corrected chi connectivity index (χ0v) is 18.3. The molecule has 0 atom stereocenters. The summed E-state index contributed by atoms with van der Waals surface area (Å²) >= 11 is 4.51. The summed E-state index contributed by atoms with van der Waals surface area (Å²) in [5, 5.41) is 15.1. The maximum Gasteiger partial charge on any atom is 0.264 e. The molecule has 0 bridgehead atoms. The first-order valence-corrected chi connectivity index (χ1v) is 10.5. The minimum Gasteiger partial charge on any atom is -0.334 e. The Balaban J connectivity index is 1.51. The van der Waals surface area contributed by atoms with Crippen LogP contribution < -0.4 is 16.6 Å². The molecule has 0 aliphatic heterocycles. The Morgan fingerprint density at radius 1 is 1.17 bits per heavy atom. The second kappa shape index (κ2) is 10.0. The topological polar surface area (TPSA) is 127 Å². The first kappa shape index (κ1) is 21.5. The molecule has 9 nitrogen and oxygen atoms in total. The minimum absolute atomic E-state index is 0.0312. The normalized spacial score (nSPS) is 10.9. The number of hydrogen-bond donors (Lipinski definition) is 3. The lowest BCUT2D eigenvalue weighted by molar-refractivity contribution is -0.113. The van der Waals surface area contributed by atoms with Gasteiger partial charge in [0.25, 0.3) is 5.95 Å². The van der Waals surface area contributed by atoms with Gasteiger partial charge in [-0.15, -0.1) is 10.2 Å². The SMILES string of the molecule is CC(=O)c1ccc(NC(=O)CSc2nnc(N/N=C/c3ccc(Br)cc3)n2N)cc1. The molecule has 30 heavy (non-hydrogen) atoms. The Labute approximate surface area is 185 Å². The molecule has 3 rings (SSSR count). The van der Waals surface area contributed by atoms with Crippen molar-refractivity contribution in [3.05, 3.63) is 64.1 Å². The summed E-state index contributed by atoms with van der Waals surface area (Å²) in [6.45, 7) is 1.49. The number of anilines is 2. The molecule has 154 valence electrons. The van der Waals surface area contributed by atoms with E-state index in [9.17, 15) is 9.59 Å². The van der Waals surface area contributed by atoms with Crippen LogP contribution in [0, 0.1) is 0 Å². The minimum atomic E-state index is -0.235. The van der Waals surface area contributed by atoms with Gasteiger partial charge in [-0.25, -0.2) is 10.1 Å². The van der Waals surface area contributed by atoms with Gasteiger partial charge >= 0.3 is 0 Å². The van der Waals surface area contributed by atoms with Gasteiger partial charge in [-0.3, -0.25) is 9.59 Å². The standard InChI is InChI=1S/C19H18BrN7O2S/c1-12(28)14-4-8-16(9-5-14)23-17(29)11-30-19-26-25-18(27(19)21)24-22-10-13-2-6-15(20)7-3-13/h2-10H,11,21H2,1H3,(H,23,29)(H,24,25)/b22-10+. The van der Waals surface area contributed by atoms with Crippen LogP contribution in [0.25, 0.3) is 0 Å². The third kappa shape index (κ3) is 5.91. The summed E-state index contributed by atoms with van der Waals surface area (Å²) in [5.74, 6) is 6.02. The van der Waals surface area contributed by atoms with Gasteiger partial charge in [-0.1, -0.05) is 39.8 Å². The molecule has 1 aromatic heterocycles. The van der Waals surface area contributed by atoms with Crippen molar-refractivity contribution in [3.63, 3.8) is 0 Å². The van der Waals surface area contributed by atoms with Crippen LogP contribution in [-0.4, -0.2) is 38.5 Å². The second-order valence-electron chi connectivity index (χ2n) is 6.07. The zero-order chi connectivity index (χ0) is 21.5. The summed E-state index contributed by atoms with van der Waals surface area (Å²) in [6, 6.07) is 14.3. The summed E-state index contributed by atoms with van der Waals surface area (Å²) in [4.78, 5) is 23.4. The third-order valence-electron chi connectivity index (χ3n) is 3.82. The number of nitrogens with two attached hydrogens (primary N) is 1. The van der Waals surface area contributed by atoms with E-state index in [1.54, 1.807) is 30.5 Å². The average Bonchev–Trinajstić information content (AvgIpc) is 3.08. The number of benzene rings is 2. The second-order valence-corrected chi connectivity index (χ2v) is 7.93. The number of nitrogen functional groups attached to an aromatic ring is 1. The largest absolute Gasteiger partial charge is 0.334 e. The monoisotopic (exact) mass is 487 g/mol. The molecule has 4 N–H and O–H groups in total. The summed E-state index contributed by atoms with van der Waals surface area (Å²) in [7, 11) is 0.